The molecule has 0 saturated heterocycles. The second kappa shape index (κ2) is 7.91. The van der Waals surface area contributed by atoms with Crippen LogP contribution in [0.25, 0.3) is 10.9 Å². The van der Waals surface area contributed by atoms with Crippen molar-refractivity contribution in [1.29, 1.82) is 0 Å². The Morgan fingerprint density at radius 1 is 1.27 bits per heavy atom. The molecule has 0 fully saturated rings. The van der Waals surface area contributed by atoms with Crippen LogP contribution in [-0.4, -0.2) is 20.6 Å². The van der Waals surface area contributed by atoms with Gasteiger partial charge in [0.05, 0.1) is 11.1 Å². The standard InChI is InChI=1S/C20H22N4O2/c1-3-4-5-11-24-17-9-8-14(2)12-16(17)18(20(24)26)22-23-19(25)15-7-6-10-21-13-15/h6-10,12-13,26H,3-5,11H2,1-2H3. The van der Waals surface area contributed by atoms with E-state index in [0.717, 1.165) is 35.7 Å². The molecule has 2 aromatic heterocycles. The van der Waals surface area contributed by atoms with E-state index < -0.39 is 5.91 Å². The molecule has 0 atom stereocenters. The van der Waals surface area contributed by atoms with Crippen LogP contribution in [0.4, 0.5) is 5.69 Å². The minimum absolute atomic E-state index is 0.0458. The van der Waals surface area contributed by atoms with E-state index in [1.165, 1.54) is 6.20 Å². The summed E-state index contributed by atoms with van der Waals surface area (Å²) in [5.74, 6) is -0.443. The predicted octanol–water partition coefficient (Wildman–Crippen LogP) is 5.16. The van der Waals surface area contributed by atoms with E-state index >= 15 is 0 Å². The number of nitrogens with zero attached hydrogens (tertiary/aromatic N) is 4. The Balaban J connectivity index is 1.99. The molecular formula is C20H22N4O2. The first-order chi connectivity index (χ1) is 12.6. The molecule has 0 spiro atoms. The lowest BCUT2D eigenvalue weighted by Gasteiger charge is -2.06. The van der Waals surface area contributed by atoms with Gasteiger partial charge in [0.25, 0.3) is 5.91 Å². The number of aromatic nitrogens is 2. The van der Waals surface area contributed by atoms with Crippen LogP contribution in [0.2, 0.25) is 0 Å². The maximum atomic E-state index is 12.2. The number of amides is 1. The number of unbranched alkanes of at least 4 members (excludes halogenated alkanes) is 2. The summed E-state index contributed by atoms with van der Waals surface area (Å²) in [6.45, 7) is 4.82. The van der Waals surface area contributed by atoms with Crippen LogP contribution in [0.3, 0.4) is 0 Å². The molecule has 1 aromatic carbocycles. The molecule has 26 heavy (non-hydrogen) atoms. The third-order valence-electron chi connectivity index (χ3n) is 4.30. The van der Waals surface area contributed by atoms with Gasteiger partial charge in [0, 0.05) is 24.3 Å². The molecule has 134 valence electrons. The summed E-state index contributed by atoms with van der Waals surface area (Å²) < 4.78 is 1.84. The van der Waals surface area contributed by atoms with Crippen molar-refractivity contribution < 1.29 is 9.90 Å². The summed E-state index contributed by atoms with van der Waals surface area (Å²) in [6.07, 6.45) is 6.19. The highest BCUT2D eigenvalue weighted by molar-refractivity contribution is 5.97. The fraction of sp³-hybridized carbons (Fsp3) is 0.300. The Morgan fingerprint density at radius 3 is 2.85 bits per heavy atom. The largest absolute Gasteiger partial charge is 0.493 e. The maximum Gasteiger partial charge on any atom is 0.296 e. The number of hydrogen-bond donors (Lipinski definition) is 1. The number of pyridine rings is 1. The molecule has 6 nitrogen and oxygen atoms in total. The molecule has 1 amide bonds. The lowest BCUT2D eigenvalue weighted by molar-refractivity contribution is 0.0994. The van der Waals surface area contributed by atoms with Gasteiger partial charge in [-0.25, -0.2) is 0 Å². The highest BCUT2D eigenvalue weighted by Gasteiger charge is 2.17. The average Bonchev–Trinajstić information content (AvgIpc) is 2.91. The van der Waals surface area contributed by atoms with Gasteiger partial charge in [0.2, 0.25) is 5.88 Å². The normalized spacial score (nSPS) is 11.5. The van der Waals surface area contributed by atoms with Gasteiger partial charge >= 0.3 is 0 Å². The Labute approximate surface area is 152 Å². The lowest BCUT2D eigenvalue weighted by atomic mass is 10.1. The van der Waals surface area contributed by atoms with Gasteiger partial charge in [0.1, 0.15) is 0 Å². The summed E-state index contributed by atoms with van der Waals surface area (Å²) in [5.41, 5.74) is 2.64. The minimum Gasteiger partial charge on any atom is -0.493 e. The summed E-state index contributed by atoms with van der Waals surface area (Å²) in [6, 6.07) is 9.22. The Morgan fingerprint density at radius 2 is 2.12 bits per heavy atom. The number of carbonyl (C=O) groups excluding carboxylic acids is 1. The quantitative estimate of drug-likeness (QED) is 0.492. The number of aryl methyl sites for hydroxylation is 2. The van der Waals surface area contributed by atoms with Gasteiger partial charge in [0.15, 0.2) is 5.69 Å². The van der Waals surface area contributed by atoms with Gasteiger partial charge in [-0.2, -0.15) is 0 Å². The zero-order valence-corrected chi connectivity index (χ0v) is 15.0. The fourth-order valence-corrected chi connectivity index (χ4v) is 2.92. The number of carbonyl (C=O) groups is 1. The van der Waals surface area contributed by atoms with Gasteiger partial charge in [-0.05, 0) is 37.6 Å². The van der Waals surface area contributed by atoms with Crippen LogP contribution in [0.5, 0.6) is 5.88 Å². The van der Waals surface area contributed by atoms with Crippen molar-refractivity contribution in [3.63, 3.8) is 0 Å². The van der Waals surface area contributed by atoms with Crippen LogP contribution in [0, 0.1) is 6.92 Å². The molecule has 0 unspecified atom stereocenters. The monoisotopic (exact) mass is 350 g/mol. The van der Waals surface area contributed by atoms with E-state index in [0.29, 0.717) is 17.8 Å². The molecule has 3 rings (SSSR count). The molecule has 1 N–H and O–H groups in total. The topological polar surface area (TPSA) is 79.8 Å². The maximum absolute atomic E-state index is 12.2. The number of aromatic hydroxyl groups is 1. The molecule has 3 aromatic rings. The van der Waals surface area contributed by atoms with Crippen molar-refractivity contribution in [3.8, 4) is 5.88 Å². The van der Waals surface area contributed by atoms with E-state index in [2.05, 4.69) is 22.1 Å². The summed E-state index contributed by atoms with van der Waals surface area (Å²) >= 11 is 0. The smallest absolute Gasteiger partial charge is 0.296 e. The first-order valence-corrected chi connectivity index (χ1v) is 8.79. The molecule has 0 saturated carbocycles. The third kappa shape index (κ3) is 3.64. The molecule has 0 aliphatic carbocycles. The highest BCUT2D eigenvalue weighted by Crippen LogP contribution is 2.39. The molecule has 0 bridgehead atoms. The second-order valence-electron chi connectivity index (χ2n) is 6.30. The minimum atomic E-state index is -0.489. The van der Waals surface area contributed by atoms with Gasteiger partial charge < -0.3 is 9.67 Å². The number of azo groups is 1. The number of fused-ring (bicyclic) bond motifs is 1. The van der Waals surface area contributed by atoms with E-state index in [4.69, 9.17) is 0 Å². The molecule has 0 aliphatic rings. The Kier molecular flexibility index (Phi) is 5.41. The number of rotatable bonds is 6. The third-order valence-corrected chi connectivity index (χ3v) is 4.30. The van der Waals surface area contributed by atoms with Crippen molar-refractivity contribution >= 4 is 22.5 Å². The van der Waals surface area contributed by atoms with Crippen molar-refractivity contribution in [1.82, 2.24) is 9.55 Å². The Hall–Kier alpha value is -3.02. The molecule has 0 radical (unpaired) electrons. The molecular weight excluding hydrogens is 328 g/mol. The van der Waals surface area contributed by atoms with Gasteiger partial charge in [-0.1, -0.05) is 31.4 Å². The second-order valence-corrected chi connectivity index (χ2v) is 6.30. The first-order valence-electron chi connectivity index (χ1n) is 8.79. The predicted molar refractivity (Wildman–Crippen MR) is 101 cm³/mol. The van der Waals surface area contributed by atoms with E-state index in [9.17, 15) is 9.90 Å². The van der Waals surface area contributed by atoms with Gasteiger partial charge in [-0.3, -0.25) is 9.78 Å². The summed E-state index contributed by atoms with van der Waals surface area (Å²) in [5, 5.41) is 19.3. The van der Waals surface area contributed by atoms with E-state index in [1.807, 2.05) is 29.7 Å². The fourth-order valence-electron chi connectivity index (χ4n) is 2.92. The van der Waals surface area contributed by atoms with Crippen LogP contribution in [0.1, 0.15) is 42.1 Å². The van der Waals surface area contributed by atoms with Gasteiger partial charge in [-0.15, -0.1) is 10.2 Å². The van der Waals surface area contributed by atoms with Crippen LogP contribution in [0.15, 0.2) is 53.0 Å². The Bertz CT molecular complexity index is 945. The molecule has 2 heterocycles. The molecule has 6 heteroatoms. The lowest BCUT2D eigenvalue weighted by Crippen LogP contribution is -1.97. The van der Waals surface area contributed by atoms with Crippen LogP contribution >= 0.6 is 0 Å². The van der Waals surface area contributed by atoms with Crippen LogP contribution < -0.4 is 0 Å². The van der Waals surface area contributed by atoms with Crippen molar-refractivity contribution in [3.05, 3.63) is 53.9 Å². The van der Waals surface area contributed by atoms with Crippen molar-refractivity contribution in [2.24, 2.45) is 10.2 Å². The van der Waals surface area contributed by atoms with Crippen molar-refractivity contribution in [2.75, 3.05) is 0 Å². The molecule has 0 aliphatic heterocycles. The number of hydrogen-bond acceptors (Lipinski definition) is 4. The number of benzene rings is 1. The van der Waals surface area contributed by atoms with E-state index in [-0.39, 0.29) is 5.88 Å². The summed E-state index contributed by atoms with van der Waals surface area (Å²) in [4.78, 5) is 16.1. The highest BCUT2D eigenvalue weighted by atomic mass is 16.3. The SMILES string of the molecule is CCCCCn1c(O)c(N=NC(=O)c2cccnc2)c2cc(C)ccc21. The van der Waals surface area contributed by atoms with Crippen molar-refractivity contribution in [2.45, 2.75) is 39.7 Å². The first kappa shape index (κ1) is 17.8. The summed E-state index contributed by atoms with van der Waals surface area (Å²) in [7, 11) is 0. The zero-order chi connectivity index (χ0) is 18.5. The van der Waals surface area contributed by atoms with Crippen LogP contribution in [-0.2, 0) is 6.54 Å². The zero-order valence-electron chi connectivity index (χ0n) is 15.0. The average molecular weight is 350 g/mol. The van der Waals surface area contributed by atoms with E-state index in [1.54, 1.807) is 18.3 Å².